The van der Waals surface area contributed by atoms with E-state index >= 15 is 0 Å². The zero-order valence-corrected chi connectivity index (χ0v) is 15.2. The van der Waals surface area contributed by atoms with Crippen LogP contribution in [0.25, 0.3) is 0 Å². The number of benzene rings is 1. The Morgan fingerprint density at radius 1 is 1.15 bits per heavy atom. The summed E-state index contributed by atoms with van der Waals surface area (Å²) < 4.78 is 0. The molecule has 1 saturated heterocycles. The van der Waals surface area contributed by atoms with E-state index in [1.807, 2.05) is 29.2 Å². The van der Waals surface area contributed by atoms with Gasteiger partial charge < -0.3 is 15.1 Å². The highest BCUT2D eigenvalue weighted by Crippen LogP contribution is 2.27. The van der Waals surface area contributed by atoms with Gasteiger partial charge in [-0.2, -0.15) is 0 Å². The maximum Gasteiger partial charge on any atom is 0.227 e. The molecular weight excluding hydrogens is 342 g/mol. The third kappa shape index (κ3) is 3.92. The van der Waals surface area contributed by atoms with E-state index in [0.29, 0.717) is 32.4 Å². The van der Waals surface area contributed by atoms with Gasteiger partial charge in [-0.05, 0) is 24.5 Å². The van der Waals surface area contributed by atoms with Crippen molar-refractivity contribution in [2.45, 2.75) is 19.3 Å². The van der Waals surface area contributed by atoms with Crippen molar-refractivity contribution < 1.29 is 9.59 Å². The van der Waals surface area contributed by atoms with Gasteiger partial charge in [-0.25, -0.2) is 4.98 Å². The highest BCUT2D eigenvalue weighted by Gasteiger charge is 2.28. The number of piperazine rings is 1. The van der Waals surface area contributed by atoms with E-state index in [9.17, 15) is 9.59 Å². The summed E-state index contributed by atoms with van der Waals surface area (Å²) in [5.41, 5.74) is 2.04. The van der Waals surface area contributed by atoms with Gasteiger partial charge in [0, 0.05) is 56.6 Å². The van der Waals surface area contributed by atoms with Gasteiger partial charge in [-0.15, -0.1) is 0 Å². The lowest BCUT2D eigenvalue weighted by Crippen LogP contribution is -2.49. The fourth-order valence-electron chi connectivity index (χ4n) is 3.74. The molecule has 2 aliphatic rings. The van der Waals surface area contributed by atoms with E-state index in [4.69, 9.17) is 0 Å². The Hall–Kier alpha value is -2.96. The van der Waals surface area contributed by atoms with Gasteiger partial charge in [0.05, 0.1) is 6.20 Å². The number of para-hydroxylation sites is 1. The number of hydrogen-bond donors (Lipinski definition) is 1. The molecule has 2 aromatic rings. The van der Waals surface area contributed by atoms with Gasteiger partial charge in [0.25, 0.3) is 0 Å². The lowest BCUT2D eigenvalue weighted by Gasteiger charge is -2.35. The summed E-state index contributed by atoms with van der Waals surface area (Å²) in [6.07, 6.45) is 6.78. The van der Waals surface area contributed by atoms with Crippen LogP contribution < -0.4 is 10.2 Å². The molecular formula is C20H23N5O2. The van der Waals surface area contributed by atoms with Gasteiger partial charge >= 0.3 is 0 Å². The first-order valence-electron chi connectivity index (χ1n) is 9.38. The lowest BCUT2D eigenvalue weighted by atomic mass is 9.89. The SMILES string of the molecule is O=C1Nc2ccccc2C[C@H]1CCC(=O)N1CCN(c2cnccn2)CC1. The minimum absolute atomic E-state index is 0.0222. The normalized spacial score (nSPS) is 19.4. The van der Waals surface area contributed by atoms with E-state index in [0.717, 1.165) is 30.2 Å². The Morgan fingerprint density at radius 3 is 2.74 bits per heavy atom. The number of rotatable bonds is 4. The fraction of sp³-hybridized carbons (Fsp3) is 0.400. The molecule has 0 radical (unpaired) electrons. The summed E-state index contributed by atoms with van der Waals surface area (Å²) in [4.78, 5) is 37.3. The first-order valence-corrected chi connectivity index (χ1v) is 9.38. The van der Waals surface area contributed by atoms with Crippen molar-refractivity contribution in [2.75, 3.05) is 36.4 Å². The molecule has 0 aliphatic carbocycles. The van der Waals surface area contributed by atoms with Crippen LogP contribution in [0.4, 0.5) is 11.5 Å². The molecule has 1 N–H and O–H groups in total. The van der Waals surface area contributed by atoms with Crippen LogP contribution in [0.3, 0.4) is 0 Å². The highest BCUT2D eigenvalue weighted by atomic mass is 16.2. The Morgan fingerprint density at radius 2 is 1.96 bits per heavy atom. The zero-order valence-electron chi connectivity index (χ0n) is 15.2. The average Bonchev–Trinajstić information content (AvgIpc) is 2.73. The largest absolute Gasteiger partial charge is 0.352 e. The number of hydrogen-bond acceptors (Lipinski definition) is 5. The molecule has 0 saturated carbocycles. The predicted molar refractivity (Wildman–Crippen MR) is 102 cm³/mol. The van der Waals surface area contributed by atoms with Crippen LogP contribution >= 0.6 is 0 Å². The first kappa shape index (κ1) is 17.5. The minimum atomic E-state index is -0.135. The Balaban J connectivity index is 1.27. The van der Waals surface area contributed by atoms with Gasteiger partial charge in [-0.1, -0.05) is 18.2 Å². The smallest absolute Gasteiger partial charge is 0.227 e. The molecule has 0 bridgehead atoms. The molecule has 1 aromatic carbocycles. The van der Waals surface area contributed by atoms with E-state index < -0.39 is 0 Å². The summed E-state index contributed by atoms with van der Waals surface area (Å²) >= 11 is 0. The monoisotopic (exact) mass is 365 g/mol. The molecule has 0 spiro atoms. The molecule has 7 nitrogen and oxygen atoms in total. The summed E-state index contributed by atoms with van der Waals surface area (Å²) in [6.45, 7) is 2.85. The highest BCUT2D eigenvalue weighted by molar-refractivity contribution is 5.96. The van der Waals surface area contributed by atoms with Crippen LogP contribution in [0.2, 0.25) is 0 Å². The molecule has 3 heterocycles. The summed E-state index contributed by atoms with van der Waals surface area (Å²) in [7, 11) is 0. The quantitative estimate of drug-likeness (QED) is 0.893. The predicted octanol–water partition coefficient (Wildman–Crippen LogP) is 1.72. The number of nitrogens with one attached hydrogen (secondary N) is 1. The van der Waals surface area contributed by atoms with Gasteiger partial charge in [0.1, 0.15) is 5.82 Å². The second-order valence-corrected chi connectivity index (χ2v) is 7.02. The van der Waals surface area contributed by atoms with E-state index in [1.165, 1.54) is 0 Å². The fourth-order valence-corrected chi connectivity index (χ4v) is 3.74. The van der Waals surface area contributed by atoms with E-state index in [-0.39, 0.29) is 17.7 Å². The molecule has 0 unspecified atom stereocenters. The number of carbonyl (C=O) groups is 2. The van der Waals surface area contributed by atoms with Crippen LogP contribution in [0.5, 0.6) is 0 Å². The van der Waals surface area contributed by atoms with Crippen molar-refractivity contribution in [2.24, 2.45) is 5.92 Å². The van der Waals surface area contributed by atoms with E-state index in [2.05, 4.69) is 20.2 Å². The lowest BCUT2D eigenvalue weighted by molar-refractivity contribution is -0.132. The second kappa shape index (κ2) is 7.73. The average molecular weight is 365 g/mol. The minimum Gasteiger partial charge on any atom is -0.352 e. The molecule has 1 aromatic heterocycles. The van der Waals surface area contributed by atoms with Crippen LogP contribution in [-0.4, -0.2) is 52.9 Å². The second-order valence-electron chi connectivity index (χ2n) is 7.02. The Bertz CT molecular complexity index is 818. The van der Waals surface area contributed by atoms with Crippen molar-refractivity contribution in [1.82, 2.24) is 14.9 Å². The number of anilines is 2. The Kier molecular flexibility index (Phi) is 5.00. The molecule has 140 valence electrons. The maximum absolute atomic E-state index is 12.6. The maximum atomic E-state index is 12.6. The number of fused-ring (bicyclic) bond motifs is 1. The van der Waals surface area contributed by atoms with Crippen molar-refractivity contribution in [3.63, 3.8) is 0 Å². The number of nitrogens with zero attached hydrogens (tertiary/aromatic N) is 4. The van der Waals surface area contributed by atoms with Crippen molar-refractivity contribution in [3.05, 3.63) is 48.4 Å². The molecule has 2 aliphatic heterocycles. The van der Waals surface area contributed by atoms with Crippen molar-refractivity contribution in [3.8, 4) is 0 Å². The van der Waals surface area contributed by atoms with Gasteiger partial charge in [0.15, 0.2) is 0 Å². The summed E-state index contributed by atoms with van der Waals surface area (Å²) in [5.74, 6) is 0.862. The first-order chi connectivity index (χ1) is 13.2. The van der Waals surface area contributed by atoms with Crippen molar-refractivity contribution in [1.29, 1.82) is 0 Å². The summed E-state index contributed by atoms with van der Waals surface area (Å²) in [6, 6.07) is 7.86. The van der Waals surface area contributed by atoms with Crippen molar-refractivity contribution >= 4 is 23.3 Å². The molecule has 1 fully saturated rings. The van der Waals surface area contributed by atoms with E-state index in [1.54, 1.807) is 18.6 Å². The van der Waals surface area contributed by atoms with Gasteiger partial charge in [-0.3, -0.25) is 14.6 Å². The number of aromatic nitrogens is 2. The number of carbonyl (C=O) groups excluding carboxylic acids is 2. The topological polar surface area (TPSA) is 78.4 Å². The summed E-state index contributed by atoms with van der Waals surface area (Å²) in [5, 5.41) is 2.95. The molecule has 4 rings (SSSR count). The van der Waals surface area contributed by atoms with Crippen LogP contribution in [0, 0.1) is 5.92 Å². The van der Waals surface area contributed by atoms with Gasteiger partial charge in [0.2, 0.25) is 11.8 Å². The molecule has 7 heteroatoms. The van der Waals surface area contributed by atoms with Crippen LogP contribution in [0.1, 0.15) is 18.4 Å². The standard InChI is InChI=1S/C20H23N5O2/c26-19(25-11-9-24(10-12-25)18-14-21-7-8-22-18)6-5-16-13-15-3-1-2-4-17(15)23-20(16)27/h1-4,7-8,14,16H,5-6,9-13H2,(H,23,27)/t16-/m1/s1. The Labute approximate surface area is 158 Å². The molecule has 27 heavy (non-hydrogen) atoms. The third-order valence-corrected chi connectivity index (χ3v) is 5.32. The third-order valence-electron chi connectivity index (χ3n) is 5.32. The zero-order chi connectivity index (χ0) is 18.6. The molecule has 2 amide bonds. The van der Waals surface area contributed by atoms with Crippen LogP contribution in [-0.2, 0) is 16.0 Å². The van der Waals surface area contributed by atoms with Crippen LogP contribution in [0.15, 0.2) is 42.9 Å². The molecule has 1 atom stereocenters. The number of amides is 2.